The Kier molecular flexibility index (Phi) is 11.4. The number of carbonyl (C=O) groups is 2. The number of carbonyl (C=O) groups excluding carboxylic acids is 2. The van der Waals surface area contributed by atoms with Crippen molar-refractivity contribution in [1.82, 2.24) is 10.2 Å². The van der Waals surface area contributed by atoms with E-state index in [0.717, 1.165) is 21.0 Å². The predicted octanol–water partition coefficient (Wildman–Crippen LogP) is 6.71. The average molecular weight is 646 g/mol. The predicted molar refractivity (Wildman–Crippen MR) is 181 cm³/mol. The van der Waals surface area contributed by atoms with Crippen LogP contribution in [0.2, 0.25) is 5.02 Å². The van der Waals surface area contributed by atoms with E-state index in [1.807, 2.05) is 75.4 Å². The number of anilines is 1. The Labute approximate surface area is 271 Å². The van der Waals surface area contributed by atoms with E-state index in [4.69, 9.17) is 11.6 Å². The van der Waals surface area contributed by atoms with Crippen molar-refractivity contribution in [3.05, 3.63) is 130 Å². The van der Waals surface area contributed by atoms with Crippen LogP contribution in [0.5, 0.6) is 0 Å². The molecule has 0 unspecified atom stereocenters. The van der Waals surface area contributed by atoms with Crippen LogP contribution in [0.25, 0.3) is 0 Å². The Morgan fingerprint density at radius 1 is 0.844 bits per heavy atom. The number of rotatable bonds is 13. The standard InChI is InChI=1S/C36H40ClN3O4S/c1-5-28(4)38-36(42)34(22-29-14-8-6-9-15-29)39(24-30-16-12-13-26(2)21-30)35(41)25-40(33-23-31(37)20-19-27(33)3)45(43,44)32-17-10-7-11-18-32/h6-21,23,28,34H,5,22,24-25H2,1-4H3,(H,38,42)/t28-,34-/m1/s1. The van der Waals surface area contributed by atoms with Crippen LogP contribution in [0.15, 0.2) is 108 Å². The van der Waals surface area contributed by atoms with Crippen molar-refractivity contribution in [1.29, 1.82) is 0 Å². The molecule has 45 heavy (non-hydrogen) atoms. The van der Waals surface area contributed by atoms with Gasteiger partial charge < -0.3 is 10.2 Å². The average Bonchev–Trinajstić information content (AvgIpc) is 3.03. The summed E-state index contributed by atoms with van der Waals surface area (Å²) in [5.74, 6) is -0.818. The van der Waals surface area contributed by atoms with Crippen molar-refractivity contribution in [2.24, 2.45) is 0 Å². The highest BCUT2D eigenvalue weighted by molar-refractivity contribution is 7.92. The molecule has 1 N–H and O–H groups in total. The van der Waals surface area contributed by atoms with Gasteiger partial charge in [-0.05, 0) is 68.1 Å². The minimum Gasteiger partial charge on any atom is -0.352 e. The molecule has 0 radical (unpaired) electrons. The number of halogens is 1. The lowest BCUT2D eigenvalue weighted by Crippen LogP contribution is -2.54. The smallest absolute Gasteiger partial charge is 0.264 e. The number of amides is 2. The van der Waals surface area contributed by atoms with Crippen LogP contribution < -0.4 is 9.62 Å². The topological polar surface area (TPSA) is 86.8 Å². The molecule has 0 aliphatic heterocycles. The third-order valence-electron chi connectivity index (χ3n) is 7.76. The van der Waals surface area contributed by atoms with E-state index in [1.54, 1.807) is 43.3 Å². The van der Waals surface area contributed by atoms with Crippen LogP contribution in [0.1, 0.15) is 42.5 Å². The Morgan fingerprint density at radius 2 is 1.49 bits per heavy atom. The SMILES string of the molecule is CC[C@@H](C)NC(=O)[C@@H](Cc1ccccc1)N(Cc1cccc(C)c1)C(=O)CN(c1cc(Cl)ccc1C)S(=O)(=O)c1ccccc1. The number of nitrogens with one attached hydrogen (secondary N) is 1. The van der Waals surface area contributed by atoms with E-state index in [-0.39, 0.29) is 29.8 Å². The Bertz CT molecular complexity index is 1720. The van der Waals surface area contributed by atoms with Crippen molar-refractivity contribution in [2.45, 2.75) is 64.1 Å². The van der Waals surface area contributed by atoms with Crippen molar-refractivity contribution in [2.75, 3.05) is 10.8 Å². The van der Waals surface area contributed by atoms with Gasteiger partial charge in [-0.1, -0.05) is 103 Å². The van der Waals surface area contributed by atoms with Gasteiger partial charge in [0.05, 0.1) is 10.6 Å². The van der Waals surface area contributed by atoms with Crippen LogP contribution in [-0.2, 0) is 32.6 Å². The minimum atomic E-state index is -4.20. The Hall–Kier alpha value is -4.14. The largest absolute Gasteiger partial charge is 0.352 e. The molecule has 236 valence electrons. The summed E-state index contributed by atoms with van der Waals surface area (Å²) < 4.78 is 29.4. The van der Waals surface area contributed by atoms with Crippen LogP contribution in [0.4, 0.5) is 5.69 Å². The van der Waals surface area contributed by atoms with Gasteiger partial charge in [-0.3, -0.25) is 13.9 Å². The van der Waals surface area contributed by atoms with Gasteiger partial charge in [0.1, 0.15) is 12.6 Å². The molecule has 9 heteroatoms. The highest BCUT2D eigenvalue weighted by atomic mass is 35.5. The molecule has 0 fully saturated rings. The maximum atomic E-state index is 14.6. The van der Waals surface area contributed by atoms with Crippen molar-refractivity contribution in [3.63, 3.8) is 0 Å². The molecule has 0 spiro atoms. The molecule has 2 atom stereocenters. The fourth-order valence-corrected chi connectivity index (χ4v) is 6.74. The molecule has 0 aromatic heterocycles. The molecule has 0 aliphatic rings. The molecule has 0 saturated carbocycles. The molecule has 7 nitrogen and oxygen atoms in total. The zero-order valence-electron chi connectivity index (χ0n) is 26.1. The monoisotopic (exact) mass is 645 g/mol. The van der Waals surface area contributed by atoms with Gasteiger partial charge in [-0.25, -0.2) is 8.42 Å². The zero-order chi connectivity index (χ0) is 32.6. The molecule has 0 aliphatic carbocycles. The van der Waals surface area contributed by atoms with Crippen LogP contribution >= 0.6 is 11.6 Å². The second-order valence-electron chi connectivity index (χ2n) is 11.3. The fraction of sp³-hybridized carbons (Fsp3) is 0.278. The highest BCUT2D eigenvalue weighted by Crippen LogP contribution is 2.30. The van der Waals surface area contributed by atoms with Gasteiger partial charge >= 0.3 is 0 Å². The second kappa shape index (κ2) is 15.2. The molecule has 0 heterocycles. The van der Waals surface area contributed by atoms with Crippen LogP contribution in [-0.4, -0.2) is 43.8 Å². The van der Waals surface area contributed by atoms with Crippen molar-refractivity contribution < 1.29 is 18.0 Å². The van der Waals surface area contributed by atoms with Gasteiger partial charge in [0, 0.05) is 24.0 Å². The third-order valence-corrected chi connectivity index (χ3v) is 9.77. The number of sulfonamides is 1. The Morgan fingerprint density at radius 3 is 2.13 bits per heavy atom. The van der Waals surface area contributed by atoms with E-state index >= 15 is 0 Å². The molecule has 4 rings (SSSR count). The number of aryl methyl sites for hydroxylation is 2. The summed E-state index contributed by atoms with van der Waals surface area (Å²) in [6.45, 7) is 7.20. The maximum Gasteiger partial charge on any atom is 0.264 e. The quantitative estimate of drug-likeness (QED) is 0.175. The number of hydrogen-bond acceptors (Lipinski definition) is 4. The van der Waals surface area contributed by atoms with Gasteiger partial charge in [0.25, 0.3) is 10.0 Å². The summed E-state index contributed by atoms with van der Waals surface area (Å²) >= 11 is 6.35. The van der Waals surface area contributed by atoms with Crippen molar-refractivity contribution in [3.8, 4) is 0 Å². The van der Waals surface area contributed by atoms with Crippen LogP contribution in [0.3, 0.4) is 0 Å². The number of benzene rings is 4. The first-order valence-electron chi connectivity index (χ1n) is 15.0. The van der Waals surface area contributed by atoms with E-state index in [0.29, 0.717) is 22.7 Å². The molecular weight excluding hydrogens is 606 g/mol. The molecule has 0 saturated heterocycles. The first-order valence-corrected chi connectivity index (χ1v) is 16.8. The lowest BCUT2D eigenvalue weighted by atomic mass is 10.0. The van der Waals surface area contributed by atoms with Gasteiger partial charge in [-0.15, -0.1) is 0 Å². The lowest BCUT2D eigenvalue weighted by molar-refractivity contribution is -0.140. The maximum absolute atomic E-state index is 14.6. The van der Waals surface area contributed by atoms with Crippen molar-refractivity contribution >= 4 is 39.1 Å². The summed E-state index contributed by atoms with van der Waals surface area (Å²) in [4.78, 5) is 30.1. The molecule has 0 bridgehead atoms. The summed E-state index contributed by atoms with van der Waals surface area (Å²) in [6, 6.07) is 29.2. The third kappa shape index (κ3) is 8.74. The Balaban J connectivity index is 1.83. The normalized spacial score (nSPS) is 12.6. The molecule has 4 aromatic rings. The van der Waals surface area contributed by atoms with E-state index < -0.39 is 28.5 Å². The van der Waals surface area contributed by atoms with Gasteiger partial charge in [-0.2, -0.15) is 0 Å². The molecule has 4 aromatic carbocycles. The zero-order valence-corrected chi connectivity index (χ0v) is 27.7. The fourth-order valence-electron chi connectivity index (χ4n) is 5.09. The first-order chi connectivity index (χ1) is 21.5. The van der Waals surface area contributed by atoms with E-state index in [1.165, 1.54) is 17.0 Å². The second-order valence-corrected chi connectivity index (χ2v) is 13.6. The van der Waals surface area contributed by atoms with Gasteiger partial charge in [0.15, 0.2) is 0 Å². The summed E-state index contributed by atoms with van der Waals surface area (Å²) in [7, 11) is -4.20. The minimum absolute atomic E-state index is 0.0396. The summed E-state index contributed by atoms with van der Waals surface area (Å²) in [6.07, 6.45) is 0.967. The lowest BCUT2D eigenvalue weighted by Gasteiger charge is -2.34. The number of hydrogen-bond donors (Lipinski definition) is 1. The van der Waals surface area contributed by atoms with Crippen LogP contribution in [0, 0.1) is 13.8 Å². The van der Waals surface area contributed by atoms with E-state index in [2.05, 4.69) is 5.32 Å². The summed E-state index contributed by atoms with van der Waals surface area (Å²) in [5, 5.41) is 3.39. The molecular formula is C36H40ClN3O4S. The highest BCUT2D eigenvalue weighted by Gasteiger charge is 2.35. The molecule has 2 amide bonds. The summed E-state index contributed by atoms with van der Waals surface area (Å²) in [5.41, 5.74) is 3.63. The van der Waals surface area contributed by atoms with E-state index in [9.17, 15) is 18.0 Å². The van der Waals surface area contributed by atoms with Gasteiger partial charge in [0.2, 0.25) is 11.8 Å². The first kappa shape index (κ1) is 33.7. The number of nitrogens with zero attached hydrogens (tertiary/aromatic N) is 2.